The summed E-state index contributed by atoms with van der Waals surface area (Å²) in [5.41, 5.74) is 0. The Labute approximate surface area is 95.6 Å². The lowest BCUT2D eigenvalue weighted by atomic mass is 10.1. The van der Waals surface area contributed by atoms with E-state index < -0.39 is 0 Å². The van der Waals surface area contributed by atoms with E-state index in [0.29, 0.717) is 12.1 Å². The van der Waals surface area contributed by atoms with Gasteiger partial charge in [-0.15, -0.1) is 11.3 Å². The third kappa shape index (κ3) is 3.03. The summed E-state index contributed by atoms with van der Waals surface area (Å²) in [6.45, 7) is 6.28. The topological polar surface area (TPSA) is 21.3 Å². The molecule has 0 aromatic carbocycles. The highest BCUT2D eigenvalue weighted by Crippen LogP contribution is 2.18. The molecule has 0 amide bonds. The van der Waals surface area contributed by atoms with Crippen molar-refractivity contribution < 1.29 is 4.74 Å². The lowest BCUT2D eigenvalue weighted by Gasteiger charge is -2.19. The maximum absolute atomic E-state index is 5.65. The molecule has 1 saturated heterocycles. The smallest absolute Gasteiger partial charge is 0.0726 e. The maximum Gasteiger partial charge on any atom is 0.0726 e. The van der Waals surface area contributed by atoms with Crippen molar-refractivity contribution in [2.45, 2.75) is 45.4 Å². The van der Waals surface area contributed by atoms with Gasteiger partial charge in [-0.05, 0) is 38.8 Å². The van der Waals surface area contributed by atoms with Gasteiger partial charge in [0.25, 0.3) is 0 Å². The van der Waals surface area contributed by atoms with Gasteiger partial charge in [0.15, 0.2) is 0 Å². The van der Waals surface area contributed by atoms with Crippen LogP contribution in [0.1, 0.15) is 29.5 Å². The number of aryl methyl sites for hydroxylation is 1. The Balaban J connectivity index is 1.77. The first-order valence-electron chi connectivity index (χ1n) is 5.66. The second kappa shape index (κ2) is 5.10. The summed E-state index contributed by atoms with van der Waals surface area (Å²) in [7, 11) is 0. The number of ether oxygens (including phenoxy) is 1. The van der Waals surface area contributed by atoms with Crippen LogP contribution in [0.4, 0.5) is 0 Å². The number of thiophene rings is 1. The predicted octanol–water partition coefficient (Wildman–Crippen LogP) is 2.71. The lowest BCUT2D eigenvalue weighted by molar-refractivity contribution is 0.0833. The van der Waals surface area contributed by atoms with E-state index >= 15 is 0 Å². The normalized spacial score (nSPS) is 23.2. The molecule has 2 rings (SSSR count). The van der Waals surface area contributed by atoms with Crippen LogP contribution in [0.3, 0.4) is 0 Å². The summed E-state index contributed by atoms with van der Waals surface area (Å²) in [5, 5.41) is 3.54. The molecule has 0 bridgehead atoms. The molecule has 0 spiro atoms. The van der Waals surface area contributed by atoms with Crippen LogP contribution in [-0.4, -0.2) is 18.8 Å². The van der Waals surface area contributed by atoms with Gasteiger partial charge in [0.1, 0.15) is 0 Å². The average molecular weight is 225 g/mol. The van der Waals surface area contributed by atoms with Crippen LogP contribution in [0.25, 0.3) is 0 Å². The van der Waals surface area contributed by atoms with Crippen molar-refractivity contribution in [2.75, 3.05) is 6.61 Å². The van der Waals surface area contributed by atoms with Crippen LogP contribution in [0.2, 0.25) is 0 Å². The molecule has 1 aromatic heterocycles. The second-order valence-electron chi connectivity index (χ2n) is 4.23. The molecule has 84 valence electrons. The Morgan fingerprint density at radius 1 is 1.60 bits per heavy atom. The fourth-order valence-electron chi connectivity index (χ4n) is 1.97. The van der Waals surface area contributed by atoms with E-state index in [0.717, 1.165) is 13.2 Å². The van der Waals surface area contributed by atoms with E-state index in [-0.39, 0.29) is 0 Å². The van der Waals surface area contributed by atoms with Crippen molar-refractivity contribution in [2.24, 2.45) is 0 Å². The first-order chi connectivity index (χ1) is 7.25. The first-order valence-corrected chi connectivity index (χ1v) is 6.47. The maximum atomic E-state index is 5.65. The van der Waals surface area contributed by atoms with Crippen molar-refractivity contribution in [3.05, 3.63) is 21.9 Å². The van der Waals surface area contributed by atoms with Crippen LogP contribution in [0.5, 0.6) is 0 Å². The molecule has 1 aromatic rings. The van der Waals surface area contributed by atoms with Crippen LogP contribution < -0.4 is 5.32 Å². The molecule has 2 heterocycles. The zero-order valence-electron chi connectivity index (χ0n) is 9.45. The van der Waals surface area contributed by atoms with Crippen LogP contribution in [0, 0.1) is 6.92 Å². The molecule has 2 atom stereocenters. The molecule has 1 aliphatic heterocycles. The van der Waals surface area contributed by atoms with Gasteiger partial charge in [0.2, 0.25) is 0 Å². The van der Waals surface area contributed by atoms with Gasteiger partial charge >= 0.3 is 0 Å². The Morgan fingerprint density at radius 3 is 3.07 bits per heavy atom. The van der Waals surface area contributed by atoms with Crippen molar-refractivity contribution in [3.8, 4) is 0 Å². The highest BCUT2D eigenvalue weighted by atomic mass is 32.1. The molecule has 0 radical (unpaired) electrons. The molecule has 0 saturated carbocycles. The monoisotopic (exact) mass is 225 g/mol. The van der Waals surface area contributed by atoms with Crippen LogP contribution in [-0.2, 0) is 11.3 Å². The number of nitrogens with one attached hydrogen (secondary N) is 1. The Bertz CT molecular complexity index is 304. The summed E-state index contributed by atoms with van der Waals surface area (Å²) < 4.78 is 5.65. The summed E-state index contributed by atoms with van der Waals surface area (Å²) in [5.74, 6) is 0. The fraction of sp³-hybridized carbons (Fsp3) is 0.667. The molecular formula is C12H19NOS. The molecule has 1 fully saturated rings. The predicted molar refractivity (Wildman–Crippen MR) is 64.3 cm³/mol. The molecule has 2 unspecified atom stereocenters. The zero-order chi connectivity index (χ0) is 10.7. The van der Waals surface area contributed by atoms with Crippen LogP contribution >= 0.6 is 11.3 Å². The molecule has 0 aliphatic carbocycles. The minimum Gasteiger partial charge on any atom is -0.377 e. The third-order valence-corrected chi connectivity index (χ3v) is 3.92. The van der Waals surface area contributed by atoms with Gasteiger partial charge in [0.05, 0.1) is 6.10 Å². The molecule has 1 aliphatic rings. The summed E-state index contributed by atoms with van der Waals surface area (Å²) in [6, 6.07) is 4.85. The molecule has 2 nitrogen and oxygen atoms in total. The minimum atomic E-state index is 0.422. The van der Waals surface area contributed by atoms with Gasteiger partial charge in [0, 0.05) is 28.9 Å². The van der Waals surface area contributed by atoms with Crippen molar-refractivity contribution in [1.82, 2.24) is 5.32 Å². The van der Waals surface area contributed by atoms with E-state index in [1.54, 1.807) is 0 Å². The van der Waals surface area contributed by atoms with E-state index in [9.17, 15) is 0 Å². The van der Waals surface area contributed by atoms with Crippen molar-refractivity contribution in [1.29, 1.82) is 0 Å². The fourth-order valence-corrected chi connectivity index (χ4v) is 2.81. The molecule has 1 N–H and O–H groups in total. The van der Waals surface area contributed by atoms with E-state index in [1.807, 2.05) is 11.3 Å². The number of hydrogen-bond acceptors (Lipinski definition) is 3. The zero-order valence-corrected chi connectivity index (χ0v) is 10.3. The Kier molecular flexibility index (Phi) is 3.78. The Hall–Kier alpha value is -0.380. The third-order valence-electron chi connectivity index (χ3n) is 2.92. The van der Waals surface area contributed by atoms with Gasteiger partial charge < -0.3 is 10.1 Å². The van der Waals surface area contributed by atoms with Crippen molar-refractivity contribution in [3.63, 3.8) is 0 Å². The van der Waals surface area contributed by atoms with Gasteiger partial charge in [-0.3, -0.25) is 0 Å². The van der Waals surface area contributed by atoms with Gasteiger partial charge in [-0.2, -0.15) is 0 Å². The minimum absolute atomic E-state index is 0.422. The quantitative estimate of drug-likeness (QED) is 0.850. The van der Waals surface area contributed by atoms with Crippen molar-refractivity contribution >= 4 is 11.3 Å². The summed E-state index contributed by atoms with van der Waals surface area (Å²) >= 11 is 1.87. The SMILES string of the molecule is Cc1ccc(CNC(C)C2CCCO2)s1. The lowest BCUT2D eigenvalue weighted by Crippen LogP contribution is -2.36. The summed E-state index contributed by atoms with van der Waals surface area (Å²) in [6.07, 6.45) is 2.85. The highest BCUT2D eigenvalue weighted by Gasteiger charge is 2.21. The van der Waals surface area contributed by atoms with Gasteiger partial charge in [-0.1, -0.05) is 0 Å². The summed E-state index contributed by atoms with van der Waals surface area (Å²) in [4.78, 5) is 2.80. The first kappa shape index (κ1) is 11.1. The van der Waals surface area contributed by atoms with E-state index in [1.165, 1.54) is 22.6 Å². The molecular weight excluding hydrogens is 206 g/mol. The Morgan fingerprint density at radius 2 is 2.47 bits per heavy atom. The molecule has 3 heteroatoms. The van der Waals surface area contributed by atoms with Crippen LogP contribution in [0.15, 0.2) is 12.1 Å². The average Bonchev–Trinajstić information content (AvgIpc) is 2.84. The standard InChI is InChI=1S/C12H19NOS/c1-9-5-6-11(15-9)8-13-10(2)12-4-3-7-14-12/h5-6,10,12-13H,3-4,7-8H2,1-2H3. The number of rotatable bonds is 4. The largest absolute Gasteiger partial charge is 0.377 e. The van der Waals surface area contributed by atoms with E-state index in [4.69, 9.17) is 4.74 Å². The second-order valence-corrected chi connectivity index (χ2v) is 5.61. The van der Waals surface area contributed by atoms with Gasteiger partial charge in [-0.25, -0.2) is 0 Å². The van der Waals surface area contributed by atoms with E-state index in [2.05, 4.69) is 31.3 Å². The molecule has 15 heavy (non-hydrogen) atoms. The number of hydrogen-bond donors (Lipinski definition) is 1. The highest BCUT2D eigenvalue weighted by molar-refractivity contribution is 7.11.